The molecule has 25 heavy (non-hydrogen) atoms. The Morgan fingerprint density at radius 3 is 2.32 bits per heavy atom. The van der Waals surface area contributed by atoms with Gasteiger partial charge in [0.05, 0.1) is 5.69 Å². The van der Waals surface area contributed by atoms with Crippen molar-refractivity contribution in [3.63, 3.8) is 0 Å². The standard InChI is InChI=1S/C19H14FNO4/c20-15-7-3-4-8-16(15)21-18(22)11-25-17-10-13-6-2-1-5-12(13)9-14(17)19(23)24/h1-10H,11H2,(H,21,22)(H,23,24). The predicted molar refractivity (Wildman–Crippen MR) is 91.4 cm³/mol. The summed E-state index contributed by atoms with van der Waals surface area (Å²) in [5.74, 6) is -2.23. The highest BCUT2D eigenvalue weighted by molar-refractivity contribution is 5.98. The van der Waals surface area contributed by atoms with Gasteiger partial charge in [-0.3, -0.25) is 4.79 Å². The van der Waals surface area contributed by atoms with Gasteiger partial charge in [0.1, 0.15) is 17.1 Å². The first-order chi connectivity index (χ1) is 12.0. The van der Waals surface area contributed by atoms with Crippen LogP contribution in [0, 0.1) is 5.82 Å². The fourth-order valence-electron chi connectivity index (χ4n) is 2.40. The Balaban J connectivity index is 1.78. The lowest BCUT2D eigenvalue weighted by Crippen LogP contribution is -2.21. The van der Waals surface area contributed by atoms with Gasteiger partial charge < -0.3 is 15.2 Å². The molecule has 3 rings (SSSR count). The number of carboxylic acids is 1. The summed E-state index contributed by atoms with van der Waals surface area (Å²) in [6.07, 6.45) is 0. The smallest absolute Gasteiger partial charge is 0.339 e. The number of nitrogens with one attached hydrogen (secondary N) is 1. The summed E-state index contributed by atoms with van der Waals surface area (Å²) in [5.41, 5.74) is -0.00883. The second-order valence-corrected chi connectivity index (χ2v) is 5.32. The zero-order chi connectivity index (χ0) is 17.8. The molecule has 5 nitrogen and oxygen atoms in total. The molecule has 0 spiro atoms. The van der Waals surface area contributed by atoms with E-state index in [0.29, 0.717) is 0 Å². The first-order valence-corrected chi connectivity index (χ1v) is 7.48. The molecule has 0 aliphatic carbocycles. The summed E-state index contributed by atoms with van der Waals surface area (Å²) in [4.78, 5) is 23.3. The molecule has 1 amide bonds. The maximum absolute atomic E-state index is 13.5. The van der Waals surface area contributed by atoms with E-state index >= 15 is 0 Å². The lowest BCUT2D eigenvalue weighted by Gasteiger charge is -2.11. The van der Waals surface area contributed by atoms with Gasteiger partial charge in [0.2, 0.25) is 0 Å². The second kappa shape index (κ2) is 7.00. The number of hydrogen-bond acceptors (Lipinski definition) is 3. The third kappa shape index (κ3) is 3.74. The monoisotopic (exact) mass is 339 g/mol. The van der Waals surface area contributed by atoms with Crippen molar-refractivity contribution in [3.05, 3.63) is 72.0 Å². The number of ether oxygens (including phenoxy) is 1. The molecular weight excluding hydrogens is 325 g/mol. The van der Waals surface area contributed by atoms with Crippen LogP contribution in [0.4, 0.5) is 10.1 Å². The van der Waals surface area contributed by atoms with E-state index in [1.54, 1.807) is 24.3 Å². The Morgan fingerprint density at radius 1 is 1.00 bits per heavy atom. The number of halogens is 1. The van der Waals surface area contributed by atoms with E-state index in [0.717, 1.165) is 10.8 Å². The predicted octanol–water partition coefficient (Wildman–Crippen LogP) is 3.69. The van der Waals surface area contributed by atoms with Crippen LogP contribution < -0.4 is 10.1 Å². The van der Waals surface area contributed by atoms with E-state index in [1.807, 2.05) is 12.1 Å². The molecule has 3 aromatic rings. The SMILES string of the molecule is O=C(COc1cc2ccccc2cc1C(=O)O)Nc1ccccc1F. The van der Waals surface area contributed by atoms with Gasteiger partial charge in [-0.25, -0.2) is 9.18 Å². The summed E-state index contributed by atoms with van der Waals surface area (Å²) < 4.78 is 18.9. The average Bonchev–Trinajstić information content (AvgIpc) is 2.61. The number of para-hydroxylation sites is 1. The third-order valence-electron chi connectivity index (χ3n) is 3.59. The topological polar surface area (TPSA) is 75.6 Å². The van der Waals surface area contributed by atoms with Crippen molar-refractivity contribution in [1.29, 1.82) is 0 Å². The summed E-state index contributed by atoms with van der Waals surface area (Å²) >= 11 is 0. The van der Waals surface area contributed by atoms with Crippen LogP contribution in [0.5, 0.6) is 5.75 Å². The number of hydrogen-bond donors (Lipinski definition) is 2. The number of amides is 1. The number of benzene rings is 3. The molecule has 0 unspecified atom stereocenters. The Kier molecular flexibility index (Phi) is 4.61. The molecule has 0 aromatic heterocycles. The van der Waals surface area contributed by atoms with Crippen molar-refractivity contribution in [2.24, 2.45) is 0 Å². The molecule has 0 heterocycles. The molecule has 126 valence electrons. The molecular formula is C19H14FNO4. The number of anilines is 1. The van der Waals surface area contributed by atoms with Gasteiger partial charge in [0.25, 0.3) is 5.91 Å². The van der Waals surface area contributed by atoms with Crippen LogP contribution in [0.2, 0.25) is 0 Å². The molecule has 0 aliphatic heterocycles. The molecule has 0 aliphatic rings. The number of aromatic carboxylic acids is 1. The largest absolute Gasteiger partial charge is 0.483 e. The van der Waals surface area contributed by atoms with E-state index < -0.39 is 24.3 Å². The van der Waals surface area contributed by atoms with Crippen molar-refractivity contribution in [1.82, 2.24) is 0 Å². The number of carbonyl (C=O) groups is 2. The van der Waals surface area contributed by atoms with E-state index in [1.165, 1.54) is 24.3 Å². The Hall–Kier alpha value is -3.41. The second-order valence-electron chi connectivity index (χ2n) is 5.32. The minimum absolute atomic E-state index is 0.0352. The Morgan fingerprint density at radius 2 is 1.64 bits per heavy atom. The maximum atomic E-state index is 13.5. The maximum Gasteiger partial charge on any atom is 0.339 e. The minimum Gasteiger partial charge on any atom is -0.483 e. The van der Waals surface area contributed by atoms with Crippen LogP contribution in [0.1, 0.15) is 10.4 Å². The van der Waals surface area contributed by atoms with Crippen LogP contribution >= 0.6 is 0 Å². The normalized spacial score (nSPS) is 10.4. The van der Waals surface area contributed by atoms with Gasteiger partial charge in [0, 0.05) is 0 Å². The van der Waals surface area contributed by atoms with Gasteiger partial charge in [-0.1, -0.05) is 36.4 Å². The van der Waals surface area contributed by atoms with Crippen molar-refractivity contribution < 1.29 is 23.8 Å². The van der Waals surface area contributed by atoms with Crippen molar-refractivity contribution in [3.8, 4) is 5.75 Å². The van der Waals surface area contributed by atoms with Crippen LogP contribution in [-0.4, -0.2) is 23.6 Å². The molecule has 0 bridgehead atoms. The summed E-state index contributed by atoms with van der Waals surface area (Å²) in [6.45, 7) is -0.438. The van der Waals surface area contributed by atoms with E-state index in [9.17, 15) is 19.1 Å². The highest BCUT2D eigenvalue weighted by Gasteiger charge is 2.15. The Bertz CT molecular complexity index is 955. The molecule has 0 atom stereocenters. The minimum atomic E-state index is -1.16. The molecule has 3 aromatic carbocycles. The van der Waals surface area contributed by atoms with Crippen LogP contribution in [0.15, 0.2) is 60.7 Å². The number of carbonyl (C=O) groups excluding carboxylic acids is 1. The average molecular weight is 339 g/mol. The van der Waals surface area contributed by atoms with Crippen molar-refractivity contribution in [2.75, 3.05) is 11.9 Å². The highest BCUT2D eigenvalue weighted by atomic mass is 19.1. The molecule has 0 radical (unpaired) electrons. The van der Waals surface area contributed by atoms with Gasteiger partial charge in [0.15, 0.2) is 6.61 Å². The molecule has 0 saturated carbocycles. The van der Waals surface area contributed by atoms with Gasteiger partial charge >= 0.3 is 5.97 Å². The zero-order valence-corrected chi connectivity index (χ0v) is 13.0. The van der Waals surface area contributed by atoms with E-state index in [-0.39, 0.29) is 17.0 Å². The highest BCUT2D eigenvalue weighted by Crippen LogP contribution is 2.26. The third-order valence-corrected chi connectivity index (χ3v) is 3.59. The first kappa shape index (κ1) is 16.4. The lowest BCUT2D eigenvalue weighted by atomic mass is 10.1. The van der Waals surface area contributed by atoms with E-state index in [4.69, 9.17) is 4.74 Å². The number of rotatable bonds is 5. The summed E-state index contributed by atoms with van der Waals surface area (Å²) in [5, 5.41) is 13.3. The first-order valence-electron chi connectivity index (χ1n) is 7.48. The zero-order valence-electron chi connectivity index (χ0n) is 13.0. The molecule has 0 saturated heterocycles. The van der Waals surface area contributed by atoms with E-state index in [2.05, 4.69) is 5.32 Å². The fourth-order valence-corrected chi connectivity index (χ4v) is 2.40. The fraction of sp³-hybridized carbons (Fsp3) is 0.0526. The summed E-state index contributed by atoms with van der Waals surface area (Å²) in [7, 11) is 0. The summed E-state index contributed by atoms with van der Waals surface area (Å²) in [6, 6.07) is 16.0. The van der Waals surface area contributed by atoms with Gasteiger partial charge in [-0.2, -0.15) is 0 Å². The van der Waals surface area contributed by atoms with Gasteiger partial charge in [-0.05, 0) is 35.0 Å². The lowest BCUT2D eigenvalue weighted by molar-refractivity contribution is -0.118. The number of fused-ring (bicyclic) bond motifs is 1. The Labute approximate surface area is 142 Å². The van der Waals surface area contributed by atoms with Crippen LogP contribution in [0.3, 0.4) is 0 Å². The molecule has 0 fully saturated rings. The van der Waals surface area contributed by atoms with Crippen LogP contribution in [-0.2, 0) is 4.79 Å². The van der Waals surface area contributed by atoms with Crippen molar-refractivity contribution >= 4 is 28.3 Å². The molecule has 6 heteroatoms. The molecule has 2 N–H and O–H groups in total. The quantitative estimate of drug-likeness (QED) is 0.743. The van der Waals surface area contributed by atoms with Crippen LogP contribution in [0.25, 0.3) is 10.8 Å². The number of carboxylic acid groups (broad SMARTS) is 1. The van der Waals surface area contributed by atoms with Crippen molar-refractivity contribution in [2.45, 2.75) is 0 Å². The van der Waals surface area contributed by atoms with Gasteiger partial charge in [-0.15, -0.1) is 0 Å².